The second kappa shape index (κ2) is 5.23. The Morgan fingerprint density at radius 1 is 1.16 bits per heavy atom. The van der Waals surface area contributed by atoms with Gasteiger partial charge >= 0.3 is 6.18 Å². The van der Waals surface area contributed by atoms with Crippen molar-refractivity contribution in [1.82, 2.24) is 9.97 Å². The Bertz CT molecular complexity index is 572. The van der Waals surface area contributed by atoms with Crippen LogP contribution in [0.5, 0.6) is 0 Å². The van der Waals surface area contributed by atoms with Crippen molar-refractivity contribution in [2.75, 3.05) is 5.32 Å². The zero-order valence-corrected chi connectivity index (χ0v) is 9.65. The molecule has 0 radical (unpaired) electrons. The van der Waals surface area contributed by atoms with Crippen LogP contribution in [0.4, 0.5) is 24.8 Å². The van der Waals surface area contributed by atoms with Crippen LogP contribution in [0.2, 0.25) is 0 Å². The van der Waals surface area contributed by atoms with Gasteiger partial charge in [0, 0.05) is 6.20 Å². The highest BCUT2D eigenvalue weighted by molar-refractivity contribution is 5.59. The number of halogens is 3. The number of aliphatic hydroxyl groups is 1. The molecule has 0 aliphatic rings. The predicted molar refractivity (Wildman–Crippen MR) is 62.7 cm³/mol. The van der Waals surface area contributed by atoms with E-state index in [1.54, 1.807) is 0 Å². The lowest BCUT2D eigenvalue weighted by molar-refractivity contribution is -0.136. The molecule has 1 aromatic heterocycles. The number of hydrogen-bond donors (Lipinski definition) is 2. The Kier molecular flexibility index (Phi) is 3.66. The molecule has 1 aromatic carbocycles. The fourth-order valence-electron chi connectivity index (χ4n) is 1.50. The molecule has 0 saturated carbocycles. The normalized spacial score (nSPS) is 11.4. The molecule has 0 spiro atoms. The third-order valence-corrected chi connectivity index (χ3v) is 2.35. The maximum atomic E-state index is 12.8. The van der Waals surface area contributed by atoms with Crippen molar-refractivity contribution in [3.05, 3.63) is 47.8 Å². The summed E-state index contributed by atoms with van der Waals surface area (Å²) in [6, 6.07) is 6.52. The van der Waals surface area contributed by atoms with Crippen LogP contribution >= 0.6 is 0 Å². The van der Waals surface area contributed by atoms with Gasteiger partial charge < -0.3 is 10.4 Å². The van der Waals surface area contributed by atoms with E-state index < -0.39 is 11.7 Å². The standard InChI is InChI=1S/C12H10F3N3O/c13-12(14,15)9-3-1-2-4-10(9)18-11-16-6-5-8(7-19)17-11/h1-6,19H,7H2,(H,16,17,18). The second-order valence-electron chi connectivity index (χ2n) is 3.70. The minimum Gasteiger partial charge on any atom is -0.390 e. The smallest absolute Gasteiger partial charge is 0.390 e. The Morgan fingerprint density at radius 3 is 2.58 bits per heavy atom. The molecule has 0 fully saturated rings. The van der Waals surface area contributed by atoms with Crippen molar-refractivity contribution >= 4 is 11.6 Å². The predicted octanol–water partition coefficient (Wildman–Crippen LogP) is 2.73. The average molecular weight is 269 g/mol. The maximum absolute atomic E-state index is 12.8. The van der Waals surface area contributed by atoms with Gasteiger partial charge in [-0.1, -0.05) is 12.1 Å². The lowest BCUT2D eigenvalue weighted by Crippen LogP contribution is -2.09. The molecule has 4 nitrogen and oxygen atoms in total. The number of aliphatic hydroxyl groups excluding tert-OH is 1. The average Bonchev–Trinajstić information content (AvgIpc) is 2.38. The summed E-state index contributed by atoms with van der Waals surface area (Å²) in [6.45, 7) is -0.307. The quantitative estimate of drug-likeness (QED) is 0.899. The minimum absolute atomic E-state index is 0.00301. The van der Waals surface area contributed by atoms with Gasteiger partial charge in [0.25, 0.3) is 0 Å². The summed E-state index contributed by atoms with van der Waals surface area (Å²) in [5, 5.41) is 11.4. The van der Waals surface area contributed by atoms with Gasteiger partial charge in [0.05, 0.1) is 23.6 Å². The molecule has 0 atom stereocenters. The second-order valence-corrected chi connectivity index (χ2v) is 3.70. The van der Waals surface area contributed by atoms with Crippen LogP contribution < -0.4 is 5.32 Å². The van der Waals surface area contributed by atoms with Crippen molar-refractivity contribution in [3.63, 3.8) is 0 Å². The Hall–Kier alpha value is -2.15. The van der Waals surface area contributed by atoms with E-state index in [0.29, 0.717) is 5.69 Å². The summed E-state index contributed by atoms with van der Waals surface area (Å²) in [5.41, 5.74) is -0.611. The number of nitrogens with zero attached hydrogens (tertiary/aromatic N) is 2. The molecule has 7 heteroatoms. The molecule has 0 saturated heterocycles. The summed E-state index contributed by atoms with van der Waals surface area (Å²) < 4.78 is 38.3. The SMILES string of the molecule is OCc1ccnc(Nc2ccccc2C(F)(F)F)n1. The van der Waals surface area contributed by atoms with Crippen LogP contribution in [0, 0.1) is 0 Å². The van der Waals surface area contributed by atoms with Gasteiger partial charge in [-0.3, -0.25) is 0 Å². The number of aromatic nitrogens is 2. The fourth-order valence-corrected chi connectivity index (χ4v) is 1.50. The first kappa shape index (κ1) is 13.3. The summed E-state index contributed by atoms with van der Waals surface area (Å²) in [7, 11) is 0. The van der Waals surface area contributed by atoms with Gasteiger partial charge in [-0.05, 0) is 18.2 Å². The molecular formula is C12H10F3N3O. The van der Waals surface area contributed by atoms with Gasteiger partial charge in [0.15, 0.2) is 0 Å². The topological polar surface area (TPSA) is 58.0 Å². The van der Waals surface area contributed by atoms with E-state index in [9.17, 15) is 13.2 Å². The molecule has 2 rings (SSSR count). The van der Waals surface area contributed by atoms with E-state index in [4.69, 9.17) is 5.11 Å². The third kappa shape index (κ3) is 3.19. The van der Waals surface area contributed by atoms with Gasteiger partial charge in [-0.15, -0.1) is 0 Å². The first-order chi connectivity index (χ1) is 9.00. The van der Waals surface area contributed by atoms with Crippen molar-refractivity contribution in [2.45, 2.75) is 12.8 Å². The fraction of sp³-hybridized carbons (Fsp3) is 0.167. The zero-order chi connectivity index (χ0) is 13.9. The zero-order valence-electron chi connectivity index (χ0n) is 9.65. The van der Waals surface area contributed by atoms with Crippen LogP contribution in [0.15, 0.2) is 36.5 Å². The lowest BCUT2D eigenvalue weighted by Gasteiger charge is -2.13. The number of alkyl halides is 3. The molecule has 0 unspecified atom stereocenters. The van der Waals surface area contributed by atoms with Crippen molar-refractivity contribution < 1.29 is 18.3 Å². The first-order valence-electron chi connectivity index (χ1n) is 5.37. The molecule has 2 aromatic rings. The molecule has 19 heavy (non-hydrogen) atoms. The number of benzene rings is 1. The lowest BCUT2D eigenvalue weighted by atomic mass is 10.1. The van der Waals surface area contributed by atoms with Crippen molar-refractivity contribution in [1.29, 1.82) is 0 Å². The molecule has 0 bridgehead atoms. The molecule has 0 aliphatic heterocycles. The molecular weight excluding hydrogens is 259 g/mol. The van der Waals surface area contributed by atoms with E-state index in [2.05, 4.69) is 15.3 Å². The highest BCUT2D eigenvalue weighted by atomic mass is 19.4. The van der Waals surface area contributed by atoms with Gasteiger partial charge in [-0.25, -0.2) is 9.97 Å². The first-order valence-corrected chi connectivity index (χ1v) is 5.37. The summed E-state index contributed by atoms with van der Waals surface area (Å²) in [4.78, 5) is 7.68. The van der Waals surface area contributed by atoms with E-state index >= 15 is 0 Å². The number of para-hydroxylation sites is 1. The van der Waals surface area contributed by atoms with E-state index in [0.717, 1.165) is 6.07 Å². The Morgan fingerprint density at radius 2 is 1.89 bits per heavy atom. The largest absolute Gasteiger partial charge is 0.418 e. The Labute approximate surface area is 106 Å². The minimum atomic E-state index is -4.46. The van der Waals surface area contributed by atoms with Crippen molar-refractivity contribution in [2.24, 2.45) is 0 Å². The highest BCUT2D eigenvalue weighted by Gasteiger charge is 2.33. The number of anilines is 2. The summed E-state index contributed by atoms with van der Waals surface area (Å²) in [6.07, 6.45) is -3.10. The molecule has 2 N–H and O–H groups in total. The van der Waals surface area contributed by atoms with Gasteiger partial charge in [0.1, 0.15) is 0 Å². The van der Waals surface area contributed by atoms with E-state index in [1.807, 2.05) is 0 Å². The summed E-state index contributed by atoms with van der Waals surface area (Å²) in [5.74, 6) is 0.00301. The van der Waals surface area contributed by atoms with Crippen LogP contribution in [0.25, 0.3) is 0 Å². The van der Waals surface area contributed by atoms with Crippen LogP contribution in [-0.4, -0.2) is 15.1 Å². The number of rotatable bonds is 3. The van der Waals surface area contributed by atoms with E-state index in [1.165, 1.54) is 30.5 Å². The van der Waals surface area contributed by atoms with E-state index in [-0.39, 0.29) is 18.2 Å². The monoisotopic (exact) mass is 269 g/mol. The van der Waals surface area contributed by atoms with Crippen LogP contribution in [0.3, 0.4) is 0 Å². The highest BCUT2D eigenvalue weighted by Crippen LogP contribution is 2.35. The van der Waals surface area contributed by atoms with Crippen LogP contribution in [0.1, 0.15) is 11.3 Å². The van der Waals surface area contributed by atoms with Gasteiger partial charge in [-0.2, -0.15) is 13.2 Å². The molecule has 1 heterocycles. The van der Waals surface area contributed by atoms with Gasteiger partial charge in [0.2, 0.25) is 5.95 Å². The Balaban J connectivity index is 2.33. The van der Waals surface area contributed by atoms with Crippen LogP contribution in [-0.2, 0) is 12.8 Å². The molecule has 0 aliphatic carbocycles. The number of nitrogens with one attached hydrogen (secondary N) is 1. The summed E-state index contributed by atoms with van der Waals surface area (Å²) >= 11 is 0. The van der Waals surface area contributed by atoms with Crippen molar-refractivity contribution in [3.8, 4) is 0 Å². The third-order valence-electron chi connectivity index (χ3n) is 2.35. The maximum Gasteiger partial charge on any atom is 0.418 e. The molecule has 100 valence electrons. The number of hydrogen-bond acceptors (Lipinski definition) is 4. The molecule has 0 amide bonds.